The van der Waals surface area contributed by atoms with Crippen LogP contribution in [0.15, 0.2) is 69.4 Å². The molecule has 3 aromatic rings. The number of nitrogens with one attached hydrogen (secondary N) is 1. The van der Waals surface area contributed by atoms with E-state index >= 15 is 0 Å². The number of carbonyl (C=O) groups excluding carboxylic acids is 4. The SMILES string of the molecule is CCO/N=C(\C(=O)NC1C(=O)N2C(C(=O)[O-])=C(CSc3cc[n+](CC(=O)c4ccc(O)c(O)c4)cc3)CSC12)c1csc(N)n1. The van der Waals surface area contributed by atoms with Gasteiger partial charge in [-0.15, -0.1) is 34.9 Å². The van der Waals surface area contributed by atoms with Gasteiger partial charge in [0.05, 0.1) is 11.7 Å². The van der Waals surface area contributed by atoms with Gasteiger partial charge in [-0.25, -0.2) is 4.98 Å². The van der Waals surface area contributed by atoms with E-state index in [1.54, 1.807) is 36.0 Å². The van der Waals surface area contributed by atoms with E-state index in [1.165, 1.54) is 47.1 Å². The number of hydrogen-bond donors (Lipinski definition) is 4. The highest BCUT2D eigenvalue weighted by Gasteiger charge is 2.53. The molecular formula is C28H26N6O8S3. The van der Waals surface area contributed by atoms with Crippen LogP contribution in [0.25, 0.3) is 0 Å². The van der Waals surface area contributed by atoms with Crippen LogP contribution in [0, 0.1) is 0 Å². The van der Waals surface area contributed by atoms with Gasteiger partial charge in [-0.3, -0.25) is 19.3 Å². The van der Waals surface area contributed by atoms with E-state index in [1.807, 2.05) is 0 Å². The molecule has 2 aliphatic heterocycles. The minimum atomic E-state index is -1.49. The highest BCUT2D eigenvalue weighted by molar-refractivity contribution is 8.01. The number of phenols is 2. The number of pyridine rings is 1. The molecule has 0 spiro atoms. The first-order valence-corrected chi connectivity index (χ1v) is 16.3. The van der Waals surface area contributed by atoms with Gasteiger partial charge in [-0.05, 0) is 30.7 Å². The number of aromatic nitrogens is 2. The zero-order valence-corrected chi connectivity index (χ0v) is 26.0. The van der Waals surface area contributed by atoms with Crippen molar-refractivity contribution in [3.05, 3.63) is 70.6 Å². The molecule has 1 fully saturated rings. The van der Waals surface area contributed by atoms with E-state index in [0.29, 0.717) is 11.3 Å². The van der Waals surface area contributed by atoms with E-state index in [4.69, 9.17) is 10.6 Å². The highest BCUT2D eigenvalue weighted by Crippen LogP contribution is 2.41. The van der Waals surface area contributed by atoms with Gasteiger partial charge in [0, 0.05) is 39.5 Å². The fraction of sp³-hybridized carbons (Fsp3) is 0.250. The summed E-state index contributed by atoms with van der Waals surface area (Å²) < 4.78 is 1.64. The Balaban J connectivity index is 1.22. The minimum Gasteiger partial charge on any atom is -0.543 e. The topological polar surface area (TPSA) is 211 Å². The molecule has 0 saturated carbocycles. The number of ketones is 1. The number of hydrogen-bond acceptors (Lipinski definition) is 14. The lowest BCUT2D eigenvalue weighted by molar-refractivity contribution is -0.683. The molecule has 2 aliphatic rings. The Morgan fingerprint density at radius 3 is 2.64 bits per heavy atom. The number of carbonyl (C=O) groups is 4. The fourth-order valence-corrected chi connectivity index (χ4v) is 7.41. The standard InChI is InChI=1S/C28H26N6O8S3/c1-2-42-32-21(17-13-45-28(29)30-17)24(38)31-22-25(39)34-23(27(40)41)15(12-44-26(22)34)11-43-16-5-7-33(8-6-16)10-20(37)14-3-4-18(35)19(36)9-14/h3-9,13,22,26H,2,10-12H2,1H3,(H5-,29,30,31,32,35,36,37,38,40,41). The second kappa shape index (κ2) is 13.6. The first-order chi connectivity index (χ1) is 21.6. The van der Waals surface area contributed by atoms with E-state index in [0.717, 1.165) is 21.1 Å². The first-order valence-electron chi connectivity index (χ1n) is 13.3. The fourth-order valence-electron chi connectivity index (χ4n) is 4.49. The van der Waals surface area contributed by atoms with Crippen molar-refractivity contribution in [3.63, 3.8) is 0 Å². The van der Waals surface area contributed by atoms with Crippen molar-refractivity contribution >= 4 is 69.3 Å². The highest BCUT2D eigenvalue weighted by atomic mass is 32.2. The summed E-state index contributed by atoms with van der Waals surface area (Å²) in [5.74, 6) is -3.21. The number of thiazole rings is 1. The summed E-state index contributed by atoms with van der Waals surface area (Å²) in [6.45, 7) is 1.88. The molecule has 4 heterocycles. The van der Waals surface area contributed by atoms with Gasteiger partial charge in [0.2, 0.25) is 12.3 Å². The number of aromatic hydroxyl groups is 2. The van der Waals surface area contributed by atoms with E-state index < -0.39 is 29.2 Å². The molecule has 0 aliphatic carbocycles. The number of fused-ring (bicyclic) bond motifs is 1. The van der Waals surface area contributed by atoms with Crippen LogP contribution in [0.5, 0.6) is 11.5 Å². The number of nitrogens with two attached hydrogens (primary N) is 1. The van der Waals surface area contributed by atoms with Crippen LogP contribution in [0.3, 0.4) is 0 Å². The number of nitrogens with zero attached hydrogens (tertiary/aromatic N) is 4. The molecule has 0 radical (unpaired) electrons. The van der Waals surface area contributed by atoms with E-state index in [9.17, 15) is 34.5 Å². The van der Waals surface area contributed by atoms with Crippen LogP contribution in [0.2, 0.25) is 0 Å². The molecule has 5 rings (SSSR count). The molecule has 17 heteroatoms. The normalized spacial score (nSPS) is 17.8. The van der Waals surface area contributed by atoms with Crippen LogP contribution in [0.4, 0.5) is 5.13 Å². The maximum Gasteiger partial charge on any atom is 0.276 e. The molecule has 2 aromatic heterocycles. The Morgan fingerprint density at radius 1 is 1.24 bits per heavy atom. The number of carboxylic acids is 1. The predicted octanol–water partition coefficient (Wildman–Crippen LogP) is 0.244. The Labute approximate surface area is 268 Å². The molecule has 2 unspecified atom stereocenters. The van der Waals surface area contributed by atoms with Gasteiger partial charge in [-0.1, -0.05) is 5.16 Å². The van der Waals surface area contributed by atoms with Crippen LogP contribution >= 0.6 is 34.9 Å². The van der Waals surface area contributed by atoms with Crippen molar-refractivity contribution < 1.29 is 43.9 Å². The number of oxime groups is 1. The number of thioether (sulfide) groups is 2. The number of carboxylic acid groups (broad SMARTS) is 1. The van der Waals surface area contributed by atoms with Crippen molar-refractivity contribution in [2.75, 3.05) is 23.8 Å². The molecule has 14 nitrogen and oxygen atoms in total. The maximum atomic E-state index is 13.1. The second-order valence-corrected chi connectivity index (χ2v) is 12.7. The Hall–Kier alpha value is -4.61. The van der Waals surface area contributed by atoms with E-state index in [-0.39, 0.29) is 64.0 Å². The molecule has 2 amide bonds. The summed E-state index contributed by atoms with van der Waals surface area (Å²) in [6.07, 6.45) is 3.38. The molecule has 234 valence electrons. The van der Waals surface area contributed by atoms with Crippen molar-refractivity contribution in [1.82, 2.24) is 15.2 Å². The molecule has 45 heavy (non-hydrogen) atoms. The lowest BCUT2D eigenvalue weighted by atomic mass is 10.0. The molecule has 0 bridgehead atoms. The third-order valence-corrected chi connectivity index (χ3v) is 9.80. The average Bonchev–Trinajstić information content (AvgIpc) is 3.45. The lowest BCUT2D eigenvalue weighted by Crippen LogP contribution is -2.71. The third-order valence-electron chi connectivity index (χ3n) is 6.69. The minimum absolute atomic E-state index is 0.00123. The number of amides is 2. The van der Waals surface area contributed by atoms with Crippen LogP contribution in [-0.2, 0) is 25.8 Å². The quantitative estimate of drug-likeness (QED) is 0.0388. The Kier molecular flexibility index (Phi) is 9.60. The number of rotatable bonds is 12. The zero-order chi connectivity index (χ0) is 32.2. The number of β-lactam (4-membered cyclic amide) rings is 1. The summed E-state index contributed by atoms with van der Waals surface area (Å²) in [4.78, 5) is 61.9. The van der Waals surface area contributed by atoms with Gasteiger partial charge in [0.1, 0.15) is 23.7 Å². The Bertz CT molecular complexity index is 1720. The predicted molar refractivity (Wildman–Crippen MR) is 163 cm³/mol. The Morgan fingerprint density at radius 2 is 2.00 bits per heavy atom. The van der Waals surface area contributed by atoms with Crippen molar-refractivity contribution in [1.29, 1.82) is 0 Å². The third kappa shape index (κ3) is 6.89. The number of anilines is 1. The first kappa shape index (κ1) is 31.8. The summed E-state index contributed by atoms with van der Waals surface area (Å²) in [5.41, 5.74) is 6.24. The molecular weight excluding hydrogens is 645 g/mol. The van der Waals surface area contributed by atoms with E-state index in [2.05, 4.69) is 15.5 Å². The number of Topliss-reactive ketones (excluding diaryl/α,β-unsaturated/α-hetero) is 1. The lowest BCUT2D eigenvalue weighted by Gasteiger charge is -2.50. The van der Waals surface area contributed by atoms with Crippen LogP contribution in [0.1, 0.15) is 23.0 Å². The smallest absolute Gasteiger partial charge is 0.276 e. The van der Waals surface area contributed by atoms with Gasteiger partial charge in [0.25, 0.3) is 11.8 Å². The summed E-state index contributed by atoms with van der Waals surface area (Å²) in [5, 5.41) is 38.8. The summed E-state index contributed by atoms with van der Waals surface area (Å²) in [6, 6.07) is 6.40. The van der Waals surface area contributed by atoms with Crippen molar-refractivity contribution in [2.45, 2.75) is 29.8 Å². The van der Waals surface area contributed by atoms with Crippen LogP contribution in [-0.4, -0.2) is 78.9 Å². The van der Waals surface area contributed by atoms with Crippen LogP contribution < -0.4 is 20.7 Å². The number of phenolic OH excluding ortho intramolecular Hbond substituents is 2. The zero-order valence-electron chi connectivity index (χ0n) is 23.5. The monoisotopic (exact) mass is 670 g/mol. The average molecular weight is 671 g/mol. The van der Waals surface area contributed by atoms with Gasteiger partial charge < -0.3 is 36.0 Å². The largest absolute Gasteiger partial charge is 0.543 e. The van der Waals surface area contributed by atoms with Gasteiger partial charge in [0.15, 0.2) is 34.7 Å². The number of benzene rings is 1. The van der Waals surface area contributed by atoms with Gasteiger partial charge in [-0.2, -0.15) is 4.57 Å². The summed E-state index contributed by atoms with van der Waals surface area (Å²) in [7, 11) is 0. The second-order valence-electron chi connectivity index (χ2n) is 9.65. The molecule has 2 atom stereocenters. The number of aliphatic carboxylic acids is 1. The molecule has 1 aromatic carbocycles. The van der Waals surface area contributed by atoms with Crippen molar-refractivity contribution in [3.8, 4) is 11.5 Å². The van der Waals surface area contributed by atoms with Crippen molar-refractivity contribution in [2.24, 2.45) is 5.16 Å². The van der Waals surface area contributed by atoms with Gasteiger partial charge >= 0.3 is 0 Å². The maximum absolute atomic E-state index is 13.1. The number of nitrogen functional groups attached to an aromatic ring is 1. The molecule has 5 N–H and O–H groups in total. The molecule has 1 saturated heterocycles. The summed E-state index contributed by atoms with van der Waals surface area (Å²) >= 11 is 3.78.